The van der Waals surface area contributed by atoms with Gasteiger partial charge in [-0.15, -0.1) is 0 Å². The van der Waals surface area contributed by atoms with E-state index in [0.29, 0.717) is 22.3 Å². The van der Waals surface area contributed by atoms with Gasteiger partial charge in [0.25, 0.3) is 11.5 Å². The number of nitrogens with zero attached hydrogens (tertiary/aromatic N) is 3. The van der Waals surface area contributed by atoms with Crippen molar-refractivity contribution in [1.29, 1.82) is 0 Å². The predicted molar refractivity (Wildman–Crippen MR) is 125 cm³/mol. The van der Waals surface area contributed by atoms with Gasteiger partial charge in [-0.3, -0.25) is 9.59 Å². The van der Waals surface area contributed by atoms with E-state index in [4.69, 9.17) is 4.74 Å². The number of hydrogen-bond donors (Lipinski definition) is 1. The van der Waals surface area contributed by atoms with Crippen LogP contribution < -0.4 is 15.6 Å². The van der Waals surface area contributed by atoms with E-state index >= 15 is 0 Å². The second kappa shape index (κ2) is 9.32. The number of amides is 1. The topological polar surface area (TPSA) is 85.6 Å². The van der Waals surface area contributed by atoms with Crippen LogP contribution >= 0.6 is 11.3 Å². The van der Waals surface area contributed by atoms with Gasteiger partial charge in [0.2, 0.25) is 4.96 Å². The molecule has 32 heavy (non-hydrogen) atoms. The molecule has 0 bridgehead atoms. The Hall–Kier alpha value is -3.52. The molecule has 0 radical (unpaired) electrons. The van der Waals surface area contributed by atoms with Gasteiger partial charge in [0.15, 0.2) is 6.61 Å². The third kappa shape index (κ3) is 4.86. The lowest BCUT2D eigenvalue weighted by atomic mass is 10.0. The SMILES string of the molecule is Cc1cccc(-c2nn3c(=O)cc(CNC(=O)COc4ccccc4C(C)C)nc3s2)c1. The highest BCUT2D eigenvalue weighted by atomic mass is 32.1. The summed E-state index contributed by atoms with van der Waals surface area (Å²) in [6.45, 7) is 6.19. The van der Waals surface area contributed by atoms with E-state index in [2.05, 4.69) is 29.2 Å². The molecule has 2 heterocycles. The van der Waals surface area contributed by atoms with Gasteiger partial charge in [-0.1, -0.05) is 67.1 Å². The zero-order chi connectivity index (χ0) is 22.7. The van der Waals surface area contributed by atoms with Crippen molar-refractivity contribution in [2.24, 2.45) is 0 Å². The molecule has 0 atom stereocenters. The highest BCUT2D eigenvalue weighted by molar-refractivity contribution is 7.19. The fraction of sp³-hybridized carbons (Fsp3) is 0.250. The van der Waals surface area contributed by atoms with Crippen LogP contribution in [0, 0.1) is 6.92 Å². The normalized spacial score (nSPS) is 11.1. The van der Waals surface area contributed by atoms with Crippen molar-refractivity contribution in [1.82, 2.24) is 19.9 Å². The summed E-state index contributed by atoms with van der Waals surface area (Å²) < 4.78 is 6.99. The second-order valence-corrected chi connectivity index (χ2v) is 8.77. The zero-order valence-corrected chi connectivity index (χ0v) is 19.0. The molecule has 4 rings (SSSR count). The van der Waals surface area contributed by atoms with Crippen LogP contribution in [0.1, 0.15) is 36.6 Å². The van der Waals surface area contributed by atoms with Crippen LogP contribution in [0.3, 0.4) is 0 Å². The lowest BCUT2D eigenvalue weighted by molar-refractivity contribution is -0.123. The molecule has 0 spiro atoms. The summed E-state index contributed by atoms with van der Waals surface area (Å²) in [6.07, 6.45) is 0. The first-order valence-electron chi connectivity index (χ1n) is 10.4. The summed E-state index contributed by atoms with van der Waals surface area (Å²) in [5.74, 6) is 0.710. The number of hydrogen-bond acceptors (Lipinski definition) is 6. The number of fused-ring (bicyclic) bond motifs is 1. The summed E-state index contributed by atoms with van der Waals surface area (Å²) >= 11 is 1.34. The summed E-state index contributed by atoms with van der Waals surface area (Å²) in [5.41, 5.74) is 3.30. The highest BCUT2D eigenvalue weighted by Crippen LogP contribution is 2.26. The molecule has 0 saturated heterocycles. The number of ether oxygens (including phenoxy) is 1. The Morgan fingerprint density at radius 3 is 2.75 bits per heavy atom. The molecule has 0 aliphatic rings. The molecule has 0 aliphatic carbocycles. The number of para-hydroxylation sites is 1. The van der Waals surface area contributed by atoms with Crippen LogP contribution in [-0.2, 0) is 11.3 Å². The van der Waals surface area contributed by atoms with Crippen molar-refractivity contribution in [3.63, 3.8) is 0 Å². The molecule has 2 aromatic heterocycles. The van der Waals surface area contributed by atoms with Gasteiger partial charge >= 0.3 is 0 Å². The summed E-state index contributed by atoms with van der Waals surface area (Å²) in [7, 11) is 0. The van der Waals surface area contributed by atoms with Crippen molar-refractivity contribution in [2.45, 2.75) is 33.2 Å². The molecular weight excluding hydrogens is 424 g/mol. The number of carbonyl (C=O) groups is 1. The van der Waals surface area contributed by atoms with E-state index in [9.17, 15) is 9.59 Å². The van der Waals surface area contributed by atoms with Gasteiger partial charge in [-0.25, -0.2) is 4.98 Å². The first kappa shape index (κ1) is 21.7. The maximum Gasteiger partial charge on any atom is 0.275 e. The summed E-state index contributed by atoms with van der Waals surface area (Å²) in [4.78, 5) is 29.8. The summed E-state index contributed by atoms with van der Waals surface area (Å²) in [6, 6.07) is 17.0. The Balaban J connectivity index is 1.43. The lowest BCUT2D eigenvalue weighted by Gasteiger charge is -2.13. The van der Waals surface area contributed by atoms with Gasteiger partial charge in [0, 0.05) is 11.6 Å². The lowest BCUT2D eigenvalue weighted by Crippen LogP contribution is -2.29. The third-order valence-electron chi connectivity index (χ3n) is 4.93. The van der Waals surface area contributed by atoms with Crippen LogP contribution in [0.4, 0.5) is 0 Å². The Labute approximate surface area is 189 Å². The third-order valence-corrected chi connectivity index (χ3v) is 5.89. The minimum atomic E-state index is -0.282. The standard InChI is InChI=1S/C24H24N4O3S/c1-15(2)19-9-4-5-10-20(19)31-14-21(29)25-13-18-12-22(30)28-24(26-18)32-23(27-28)17-8-6-7-16(3)11-17/h4-12,15H,13-14H2,1-3H3,(H,25,29). The molecule has 7 nitrogen and oxygen atoms in total. The zero-order valence-electron chi connectivity index (χ0n) is 18.2. The molecule has 1 amide bonds. The maximum absolute atomic E-state index is 12.5. The Morgan fingerprint density at radius 2 is 1.97 bits per heavy atom. The van der Waals surface area contributed by atoms with E-state index in [1.54, 1.807) is 0 Å². The van der Waals surface area contributed by atoms with Crippen molar-refractivity contribution >= 4 is 22.2 Å². The monoisotopic (exact) mass is 448 g/mol. The second-order valence-electron chi connectivity index (χ2n) is 7.81. The predicted octanol–water partition coefficient (Wildman–Crippen LogP) is 3.95. The van der Waals surface area contributed by atoms with Crippen molar-refractivity contribution in [3.05, 3.63) is 81.8 Å². The maximum atomic E-state index is 12.5. The average Bonchev–Trinajstić information content (AvgIpc) is 3.21. The molecule has 164 valence electrons. The van der Waals surface area contributed by atoms with Crippen LogP contribution in [-0.4, -0.2) is 27.1 Å². The smallest absolute Gasteiger partial charge is 0.275 e. The molecule has 2 aromatic carbocycles. The first-order chi connectivity index (χ1) is 15.4. The minimum Gasteiger partial charge on any atom is -0.483 e. The number of carbonyl (C=O) groups excluding carboxylic acids is 1. The number of aromatic nitrogens is 3. The van der Waals surface area contributed by atoms with E-state index in [-0.39, 0.29) is 24.6 Å². The molecule has 0 saturated carbocycles. The number of rotatable bonds is 7. The van der Waals surface area contributed by atoms with E-state index in [1.165, 1.54) is 21.9 Å². The first-order valence-corrected chi connectivity index (χ1v) is 11.2. The van der Waals surface area contributed by atoms with E-state index in [1.807, 2.05) is 55.5 Å². The van der Waals surface area contributed by atoms with Crippen LogP contribution in [0.25, 0.3) is 15.5 Å². The van der Waals surface area contributed by atoms with E-state index < -0.39 is 0 Å². The van der Waals surface area contributed by atoms with Crippen LogP contribution in [0.2, 0.25) is 0 Å². The quantitative estimate of drug-likeness (QED) is 0.463. The van der Waals surface area contributed by atoms with Gasteiger partial charge in [0.1, 0.15) is 10.8 Å². The highest BCUT2D eigenvalue weighted by Gasteiger charge is 2.13. The van der Waals surface area contributed by atoms with Crippen molar-refractivity contribution in [3.8, 4) is 16.3 Å². The Kier molecular flexibility index (Phi) is 6.32. The molecular formula is C24H24N4O3S. The van der Waals surface area contributed by atoms with Crippen molar-refractivity contribution in [2.75, 3.05) is 6.61 Å². The molecule has 1 N–H and O–H groups in total. The largest absolute Gasteiger partial charge is 0.483 e. The van der Waals surface area contributed by atoms with Gasteiger partial charge < -0.3 is 10.1 Å². The average molecular weight is 449 g/mol. The van der Waals surface area contributed by atoms with Crippen LogP contribution in [0.15, 0.2) is 59.4 Å². The number of benzene rings is 2. The number of aryl methyl sites for hydroxylation is 1. The molecule has 0 aliphatic heterocycles. The fourth-order valence-corrected chi connectivity index (χ4v) is 4.23. The molecule has 4 aromatic rings. The Bertz CT molecular complexity index is 1330. The Morgan fingerprint density at radius 1 is 1.16 bits per heavy atom. The van der Waals surface area contributed by atoms with Gasteiger partial charge in [-0.2, -0.15) is 9.61 Å². The van der Waals surface area contributed by atoms with E-state index in [0.717, 1.165) is 21.7 Å². The van der Waals surface area contributed by atoms with Crippen LogP contribution in [0.5, 0.6) is 5.75 Å². The fourth-order valence-electron chi connectivity index (χ4n) is 3.31. The van der Waals surface area contributed by atoms with Crippen molar-refractivity contribution < 1.29 is 9.53 Å². The molecule has 8 heteroatoms. The minimum absolute atomic E-state index is 0.108. The van der Waals surface area contributed by atoms with Gasteiger partial charge in [0.05, 0.1) is 12.2 Å². The molecule has 0 fully saturated rings. The number of nitrogens with one attached hydrogen (secondary N) is 1. The molecule has 0 unspecified atom stereocenters. The van der Waals surface area contributed by atoms with Gasteiger partial charge in [-0.05, 0) is 30.5 Å². The summed E-state index contributed by atoms with van der Waals surface area (Å²) in [5, 5.41) is 7.88.